The van der Waals surface area contributed by atoms with Crippen LogP contribution in [0.2, 0.25) is 0 Å². The number of hydrogen-bond acceptors (Lipinski definition) is 5. The quantitative estimate of drug-likeness (QED) is 0.845. The van der Waals surface area contributed by atoms with Crippen molar-refractivity contribution in [2.75, 3.05) is 39.1 Å². The molecule has 0 radical (unpaired) electrons. The van der Waals surface area contributed by atoms with Gasteiger partial charge in [-0.3, -0.25) is 0 Å². The molecule has 1 fully saturated rings. The second-order valence-electron chi connectivity index (χ2n) is 4.83. The summed E-state index contributed by atoms with van der Waals surface area (Å²) >= 11 is 0. The molecule has 0 amide bonds. The van der Waals surface area contributed by atoms with Gasteiger partial charge < -0.3 is 19.5 Å². The summed E-state index contributed by atoms with van der Waals surface area (Å²) in [5.74, 6) is 0. The van der Waals surface area contributed by atoms with Crippen LogP contribution in [0.1, 0.15) is 18.5 Å². The molecule has 17 heavy (non-hydrogen) atoms. The fraction of sp³-hybridized carbons (Fsp3) is 0.750. The molecule has 96 valence electrons. The van der Waals surface area contributed by atoms with E-state index in [2.05, 4.69) is 34.2 Å². The van der Waals surface area contributed by atoms with Gasteiger partial charge in [-0.25, -0.2) is 0 Å². The molecule has 0 atom stereocenters. The Morgan fingerprint density at radius 2 is 2.18 bits per heavy atom. The summed E-state index contributed by atoms with van der Waals surface area (Å²) in [4.78, 5) is 9.02. The molecule has 1 aromatic heterocycles. The molecule has 0 bridgehead atoms. The Labute approximate surface area is 103 Å². The van der Waals surface area contributed by atoms with Crippen molar-refractivity contribution in [2.24, 2.45) is 0 Å². The average molecular weight is 238 g/mol. The summed E-state index contributed by atoms with van der Waals surface area (Å²) in [6.45, 7) is 2.82. The Morgan fingerprint density at radius 3 is 2.76 bits per heavy atom. The van der Waals surface area contributed by atoms with Crippen molar-refractivity contribution in [3.63, 3.8) is 0 Å². The molecule has 2 heterocycles. The third kappa shape index (κ3) is 2.98. The van der Waals surface area contributed by atoms with Gasteiger partial charge in [-0.05, 0) is 34.0 Å². The molecule has 0 saturated carbocycles. The maximum Gasteiger partial charge on any atom is 0.297 e. The number of rotatable bonds is 4. The van der Waals surface area contributed by atoms with Crippen LogP contribution < -0.4 is 10.2 Å². The number of aromatic nitrogens is 1. The zero-order valence-electron chi connectivity index (χ0n) is 10.9. The van der Waals surface area contributed by atoms with Crippen LogP contribution in [0.5, 0.6) is 0 Å². The van der Waals surface area contributed by atoms with Gasteiger partial charge in [0.25, 0.3) is 6.01 Å². The Balaban J connectivity index is 1.91. The fourth-order valence-electron chi connectivity index (χ4n) is 2.28. The van der Waals surface area contributed by atoms with E-state index in [1.54, 1.807) is 6.26 Å². The van der Waals surface area contributed by atoms with Crippen LogP contribution in [-0.4, -0.2) is 50.2 Å². The standard InChI is InChI=1S/C12H22N4O/c1-13-8-10-9-17-12(14-10)16-6-4-11(5-7-16)15(2)3/h9,11,13H,4-8H2,1-3H3. The molecular weight excluding hydrogens is 216 g/mol. The molecule has 1 aliphatic rings. The van der Waals surface area contributed by atoms with Crippen LogP contribution in [0, 0.1) is 0 Å². The first-order chi connectivity index (χ1) is 8.20. The van der Waals surface area contributed by atoms with Crippen LogP contribution >= 0.6 is 0 Å². The Bertz CT molecular complexity index is 342. The predicted octanol–water partition coefficient (Wildman–Crippen LogP) is 0.924. The van der Waals surface area contributed by atoms with Crippen molar-refractivity contribution < 1.29 is 4.42 Å². The first-order valence-corrected chi connectivity index (χ1v) is 6.21. The first kappa shape index (κ1) is 12.4. The van der Waals surface area contributed by atoms with Gasteiger partial charge in [0, 0.05) is 25.7 Å². The third-order valence-electron chi connectivity index (χ3n) is 3.36. The zero-order valence-corrected chi connectivity index (χ0v) is 10.9. The molecule has 0 aliphatic carbocycles. The molecule has 2 rings (SSSR count). The van der Waals surface area contributed by atoms with Crippen molar-refractivity contribution in [2.45, 2.75) is 25.4 Å². The van der Waals surface area contributed by atoms with E-state index in [9.17, 15) is 0 Å². The van der Waals surface area contributed by atoms with Gasteiger partial charge in [0.1, 0.15) is 6.26 Å². The van der Waals surface area contributed by atoms with Gasteiger partial charge in [-0.2, -0.15) is 4.98 Å². The van der Waals surface area contributed by atoms with Gasteiger partial charge in [0.05, 0.1) is 5.69 Å². The van der Waals surface area contributed by atoms with Crippen molar-refractivity contribution in [1.29, 1.82) is 0 Å². The predicted molar refractivity (Wildman–Crippen MR) is 68.2 cm³/mol. The van der Waals surface area contributed by atoms with Crippen LogP contribution in [0.15, 0.2) is 10.7 Å². The van der Waals surface area contributed by atoms with E-state index in [0.29, 0.717) is 6.04 Å². The minimum Gasteiger partial charge on any atom is -0.432 e. The van der Waals surface area contributed by atoms with E-state index in [1.807, 2.05) is 7.05 Å². The summed E-state index contributed by atoms with van der Waals surface area (Å²) in [5.41, 5.74) is 0.970. The van der Waals surface area contributed by atoms with Crippen molar-refractivity contribution in [1.82, 2.24) is 15.2 Å². The smallest absolute Gasteiger partial charge is 0.297 e. The summed E-state index contributed by atoms with van der Waals surface area (Å²) < 4.78 is 5.51. The van der Waals surface area contributed by atoms with E-state index >= 15 is 0 Å². The largest absolute Gasteiger partial charge is 0.432 e. The number of oxazole rings is 1. The van der Waals surface area contributed by atoms with Crippen LogP contribution in [0.4, 0.5) is 6.01 Å². The Morgan fingerprint density at radius 1 is 1.47 bits per heavy atom. The molecule has 5 nitrogen and oxygen atoms in total. The number of nitrogens with zero attached hydrogens (tertiary/aromatic N) is 3. The fourth-order valence-corrected chi connectivity index (χ4v) is 2.28. The molecule has 0 aromatic carbocycles. The van der Waals surface area contributed by atoms with Crippen LogP contribution in [0.25, 0.3) is 0 Å². The van der Waals surface area contributed by atoms with Gasteiger partial charge in [-0.1, -0.05) is 0 Å². The maximum atomic E-state index is 5.51. The van der Waals surface area contributed by atoms with Gasteiger partial charge in [0.2, 0.25) is 0 Å². The van der Waals surface area contributed by atoms with E-state index in [-0.39, 0.29) is 0 Å². The monoisotopic (exact) mass is 238 g/mol. The molecule has 1 N–H and O–H groups in total. The average Bonchev–Trinajstić information content (AvgIpc) is 2.78. The summed E-state index contributed by atoms with van der Waals surface area (Å²) in [5, 5.41) is 3.07. The van der Waals surface area contributed by atoms with Crippen LogP contribution in [-0.2, 0) is 6.54 Å². The number of hydrogen-bond donors (Lipinski definition) is 1. The first-order valence-electron chi connectivity index (χ1n) is 6.21. The van der Waals surface area contributed by atoms with Gasteiger partial charge in [0.15, 0.2) is 0 Å². The third-order valence-corrected chi connectivity index (χ3v) is 3.36. The summed E-state index contributed by atoms with van der Waals surface area (Å²) in [6.07, 6.45) is 4.09. The Kier molecular flexibility index (Phi) is 4.02. The second-order valence-corrected chi connectivity index (χ2v) is 4.83. The van der Waals surface area contributed by atoms with Gasteiger partial charge >= 0.3 is 0 Å². The molecular formula is C12H22N4O. The highest BCUT2D eigenvalue weighted by Gasteiger charge is 2.23. The minimum absolute atomic E-state index is 0.693. The lowest BCUT2D eigenvalue weighted by molar-refractivity contribution is 0.246. The SMILES string of the molecule is CNCc1coc(N2CCC(N(C)C)CC2)n1. The van der Waals surface area contributed by atoms with E-state index in [0.717, 1.165) is 31.3 Å². The normalized spacial score (nSPS) is 18.0. The summed E-state index contributed by atoms with van der Waals surface area (Å²) in [6, 6.07) is 1.46. The zero-order chi connectivity index (χ0) is 12.3. The topological polar surface area (TPSA) is 44.5 Å². The molecule has 0 spiro atoms. The lowest BCUT2D eigenvalue weighted by atomic mass is 10.0. The maximum absolute atomic E-state index is 5.51. The highest BCUT2D eigenvalue weighted by molar-refractivity contribution is 5.27. The van der Waals surface area contributed by atoms with Crippen LogP contribution in [0.3, 0.4) is 0 Å². The number of nitrogens with one attached hydrogen (secondary N) is 1. The lowest BCUT2D eigenvalue weighted by Crippen LogP contribution is -2.42. The minimum atomic E-state index is 0.693. The molecule has 1 aliphatic heterocycles. The van der Waals surface area contributed by atoms with Gasteiger partial charge in [-0.15, -0.1) is 0 Å². The molecule has 1 aromatic rings. The van der Waals surface area contributed by atoms with E-state index in [4.69, 9.17) is 4.42 Å². The van der Waals surface area contributed by atoms with E-state index < -0.39 is 0 Å². The highest BCUT2D eigenvalue weighted by Crippen LogP contribution is 2.20. The van der Waals surface area contributed by atoms with Crippen molar-refractivity contribution in [3.8, 4) is 0 Å². The molecule has 0 unspecified atom stereocenters. The van der Waals surface area contributed by atoms with Crippen molar-refractivity contribution >= 4 is 6.01 Å². The number of anilines is 1. The summed E-state index contributed by atoms with van der Waals surface area (Å²) in [7, 11) is 6.21. The lowest BCUT2D eigenvalue weighted by Gasteiger charge is -2.34. The molecule has 5 heteroatoms. The highest BCUT2D eigenvalue weighted by atomic mass is 16.4. The second kappa shape index (κ2) is 5.51. The van der Waals surface area contributed by atoms with E-state index in [1.165, 1.54) is 12.8 Å². The number of piperidine rings is 1. The van der Waals surface area contributed by atoms with Crippen molar-refractivity contribution in [3.05, 3.63) is 12.0 Å². The molecule has 1 saturated heterocycles. The Hall–Kier alpha value is -1.07.